The maximum Gasteiger partial charge on any atom is 0.0954 e. The molecule has 0 saturated carbocycles. The number of nitrogens with zero attached hydrogens (tertiary/aromatic N) is 2. The minimum absolute atomic E-state index is 0.000948. The summed E-state index contributed by atoms with van der Waals surface area (Å²) in [6, 6.07) is 27.0. The van der Waals surface area contributed by atoms with Gasteiger partial charge in [0.05, 0.1) is 12.4 Å². The van der Waals surface area contributed by atoms with Crippen molar-refractivity contribution in [3.8, 4) is 11.1 Å². The summed E-state index contributed by atoms with van der Waals surface area (Å²) in [7, 11) is 0. The van der Waals surface area contributed by atoms with Gasteiger partial charge in [-0.25, -0.2) is 4.98 Å². The van der Waals surface area contributed by atoms with Crippen LogP contribution >= 0.6 is 11.6 Å². The van der Waals surface area contributed by atoms with E-state index in [1.165, 1.54) is 16.7 Å². The normalized spacial score (nSPS) is 12.0. The molecule has 0 aliphatic heterocycles. The number of benzene rings is 3. The molecule has 3 heteroatoms. The van der Waals surface area contributed by atoms with E-state index in [1.54, 1.807) is 6.20 Å². The zero-order chi connectivity index (χ0) is 17.1. The highest BCUT2D eigenvalue weighted by molar-refractivity contribution is 6.31. The molecule has 1 aromatic heterocycles. The predicted molar refractivity (Wildman–Crippen MR) is 103 cm³/mol. The number of halogens is 1. The van der Waals surface area contributed by atoms with Crippen LogP contribution in [0.2, 0.25) is 5.02 Å². The molecule has 4 rings (SSSR count). The van der Waals surface area contributed by atoms with Gasteiger partial charge < -0.3 is 4.57 Å². The lowest BCUT2D eigenvalue weighted by Crippen LogP contribution is -2.11. The molecule has 3 aromatic carbocycles. The third-order valence-electron chi connectivity index (χ3n) is 4.36. The Morgan fingerprint density at radius 3 is 2.12 bits per heavy atom. The second kappa shape index (κ2) is 6.96. The monoisotopic (exact) mass is 344 g/mol. The van der Waals surface area contributed by atoms with Gasteiger partial charge in [-0.1, -0.05) is 84.4 Å². The highest BCUT2D eigenvalue weighted by Gasteiger charge is 2.18. The highest BCUT2D eigenvalue weighted by Crippen LogP contribution is 2.32. The minimum atomic E-state index is 0.000948. The van der Waals surface area contributed by atoms with E-state index in [-0.39, 0.29) is 6.04 Å². The van der Waals surface area contributed by atoms with Crippen molar-refractivity contribution in [2.45, 2.75) is 6.04 Å². The zero-order valence-electron chi connectivity index (χ0n) is 13.6. The van der Waals surface area contributed by atoms with Crippen LogP contribution in [0.4, 0.5) is 0 Å². The van der Waals surface area contributed by atoms with Crippen LogP contribution in [-0.4, -0.2) is 9.55 Å². The molecule has 0 N–H and O–H groups in total. The van der Waals surface area contributed by atoms with E-state index in [2.05, 4.69) is 64.1 Å². The van der Waals surface area contributed by atoms with Gasteiger partial charge >= 0.3 is 0 Å². The molecule has 0 aliphatic rings. The largest absolute Gasteiger partial charge is 0.326 e. The number of hydrogen-bond acceptors (Lipinski definition) is 1. The molecule has 1 atom stereocenters. The van der Waals surface area contributed by atoms with Crippen molar-refractivity contribution in [2.24, 2.45) is 0 Å². The maximum absolute atomic E-state index is 6.48. The van der Waals surface area contributed by atoms with Crippen LogP contribution in [-0.2, 0) is 0 Å². The fraction of sp³-hybridized carbons (Fsp3) is 0.0455. The summed E-state index contributed by atoms with van der Waals surface area (Å²) in [6.07, 6.45) is 5.60. The first-order valence-corrected chi connectivity index (χ1v) is 8.58. The molecule has 25 heavy (non-hydrogen) atoms. The Hall–Kier alpha value is -2.84. The predicted octanol–water partition coefficient (Wildman–Crippen LogP) is 5.84. The summed E-state index contributed by atoms with van der Waals surface area (Å²) in [5.41, 5.74) is 4.65. The van der Waals surface area contributed by atoms with Crippen molar-refractivity contribution in [1.82, 2.24) is 9.55 Å². The van der Waals surface area contributed by atoms with Gasteiger partial charge in [-0.05, 0) is 28.3 Å². The first kappa shape index (κ1) is 15.7. The molecule has 2 nitrogen and oxygen atoms in total. The van der Waals surface area contributed by atoms with E-state index in [4.69, 9.17) is 11.6 Å². The Kier molecular flexibility index (Phi) is 4.36. The van der Waals surface area contributed by atoms with Crippen molar-refractivity contribution in [2.75, 3.05) is 0 Å². The quantitative estimate of drug-likeness (QED) is 0.454. The van der Waals surface area contributed by atoms with Crippen LogP contribution in [0, 0.1) is 0 Å². The SMILES string of the molecule is Clc1ccccc1[C@@H](c1ccc(-c2ccccc2)cc1)n1ccnc1. The van der Waals surface area contributed by atoms with Crippen LogP contribution in [0.15, 0.2) is 97.6 Å². The molecule has 0 fully saturated rings. The highest BCUT2D eigenvalue weighted by atomic mass is 35.5. The Labute approximate surface area is 152 Å². The topological polar surface area (TPSA) is 17.8 Å². The van der Waals surface area contributed by atoms with E-state index < -0.39 is 0 Å². The number of aromatic nitrogens is 2. The molecule has 0 bridgehead atoms. The number of imidazole rings is 1. The number of rotatable bonds is 4. The van der Waals surface area contributed by atoms with Gasteiger partial charge in [-0.15, -0.1) is 0 Å². The molecule has 0 radical (unpaired) electrons. The van der Waals surface area contributed by atoms with Crippen molar-refractivity contribution >= 4 is 11.6 Å². The molecular weight excluding hydrogens is 328 g/mol. The van der Waals surface area contributed by atoms with E-state index in [1.807, 2.05) is 36.8 Å². The lowest BCUT2D eigenvalue weighted by molar-refractivity contribution is 0.677. The Morgan fingerprint density at radius 2 is 1.44 bits per heavy atom. The Balaban J connectivity index is 1.77. The van der Waals surface area contributed by atoms with Crippen LogP contribution in [0.1, 0.15) is 17.2 Å². The fourth-order valence-corrected chi connectivity index (χ4v) is 3.36. The average Bonchev–Trinajstić information content (AvgIpc) is 3.19. The Morgan fingerprint density at radius 1 is 0.760 bits per heavy atom. The molecule has 1 heterocycles. The van der Waals surface area contributed by atoms with Crippen molar-refractivity contribution in [1.29, 1.82) is 0 Å². The van der Waals surface area contributed by atoms with Gasteiger partial charge in [0.2, 0.25) is 0 Å². The van der Waals surface area contributed by atoms with Crippen LogP contribution in [0.25, 0.3) is 11.1 Å². The van der Waals surface area contributed by atoms with E-state index >= 15 is 0 Å². The lowest BCUT2D eigenvalue weighted by atomic mass is 9.96. The Bertz CT molecular complexity index is 945. The summed E-state index contributed by atoms with van der Waals surface area (Å²) in [5, 5.41) is 0.758. The van der Waals surface area contributed by atoms with E-state index in [0.29, 0.717) is 0 Å². The van der Waals surface area contributed by atoms with Gasteiger partial charge in [0.25, 0.3) is 0 Å². The molecule has 0 aliphatic carbocycles. The number of hydrogen-bond donors (Lipinski definition) is 0. The fourth-order valence-electron chi connectivity index (χ4n) is 3.12. The van der Waals surface area contributed by atoms with Crippen LogP contribution in [0.3, 0.4) is 0 Å². The minimum Gasteiger partial charge on any atom is -0.326 e. The second-order valence-electron chi connectivity index (χ2n) is 5.92. The third-order valence-corrected chi connectivity index (χ3v) is 4.70. The molecule has 4 aromatic rings. The standard InChI is InChI=1S/C22H17ClN2/c23-21-9-5-4-8-20(21)22(25-15-14-24-16-25)19-12-10-18(11-13-19)17-6-2-1-3-7-17/h1-16,22H/t22-/m1/s1. The summed E-state index contributed by atoms with van der Waals surface area (Å²) in [5.74, 6) is 0. The molecule has 0 amide bonds. The molecular formula is C22H17ClN2. The van der Waals surface area contributed by atoms with Gasteiger partial charge in [0, 0.05) is 17.4 Å². The van der Waals surface area contributed by atoms with E-state index in [9.17, 15) is 0 Å². The molecule has 0 unspecified atom stereocenters. The summed E-state index contributed by atoms with van der Waals surface area (Å²) >= 11 is 6.48. The smallest absolute Gasteiger partial charge is 0.0954 e. The lowest BCUT2D eigenvalue weighted by Gasteiger charge is -2.21. The first-order chi connectivity index (χ1) is 12.3. The van der Waals surface area contributed by atoms with Gasteiger partial charge in [0.15, 0.2) is 0 Å². The van der Waals surface area contributed by atoms with Gasteiger partial charge in [-0.2, -0.15) is 0 Å². The maximum atomic E-state index is 6.48. The van der Waals surface area contributed by atoms with Crippen molar-refractivity contribution in [3.63, 3.8) is 0 Å². The van der Waals surface area contributed by atoms with E-state index in [0.717, 1.165) is 10.6 Å². The average molecular weight is 345 g/mol. The third kappa shape index (κ3) is 3.21. The molecule has 0 spiro atoms. The van der Waals surface area contributed by atoms with Crippen LogP contribution < -0.4 is 0 Å². The summed E-state index contributed by atoms with van der Waals surface area (Å²) in [6.45, 7) is 0. The zero-order valence-corrected chi connectivity index (χ0v) is 14.3. The van der Waals surface area contributed by atoms with Crippen molar-refractivity contribution in [3.05, 3.63) is 114 Å². The first-order valence-electron chi connectivity index (χ1n) is 8.20. The van der Waals surface area contributed by atoms with Crippen LogP contribution in [0.5, 0.6) is 0 Å². The molecule has 0 saturated heterocycles. The van der Waals surface area contributed by atoms with Gasteiger partial charge in [0.1, 0.15) is 0 Å². The molecule has 122 valence electrons. The van der Waals surface area contributed by atoms with Crippen molar-refractivity contribution < 1.29 is 0 Å². The summed E-state index contributed by atoms with van der Waals surface area (Å²) < 4.78 is 2.08. The summed E-state index contributed by atoms with van der Waals surface area (Å²) in [4.78, 5) is 4.21. The van der Waals surface area contributed by atoms with Gasteiger partial charge in [-0.3, -0.25) is 0 Å². The second-order valence-corrected chi connectivity index (χ2v) is 6.33.